The highest BCUT2D eigenvalue weighted by molar-refractivity contribution is 5.94. The van der Waals surface area contributed by atoms with Crippen molar-refractivity contribution < 1.29 is 14.3 Å². The van der Waals surface area contributed by atoms with Gasteiger partial charge in [-0.05, 0) is 30.5 Å². The highest BCUT2D eigenvalue weighted by atomic mass is 16.5. The highest BCUT2D eigenvalue weighted by Gasteiger charge is 2.33. The molecule has 2 heterocycles. The zero-order valence-electron chi connectivity index (χ0n) is 14.1. The van der Waals surface area contributed by atoms with Gasteiger partial charge in [-0.1, -0.05) is 12.1 Å². The molecule has 0 saturated carbocycles. The van der Waals surface area contributed by atoms with Gasteiger partial charge in [-0.2, -0.15) is 0 Å². The van der Waals surface area contributed by atoms with Gasteiger partial charge in [-0.25, -0.2) is 0 Å². The summed E-state index contributed by atoms with van der Waals surface area (Å²) in [5, 5.41) is 6.01. The van der Waals surface area contributed by atoms with Crippen LogP contribution >= 0.6 is 0 Å². The van der Waals surface area contributed by atoms with Crippen LogP contribution in [0.15, 0.2) is 24.3 Å². The van der Waals surface area contributed by atoms with Crippen LogP contribution in [0.25, 0.3) is 0 Å². The predicted octanol–water partition coefficient (Wildman–Crippen LogP) is 0.946. The van der Waals surface area contributed by atoms with Crippen molar-refractivity contribution in [2.45, 2.75) is 18.9 Å². The van der Waals surface area contributed by atoms with E-state index in [-0.39, 0.29) is 23.8 Å². The van der Waals surface area contributed by atoms with Crippen molar-refractivity contribution in [1.82, 2.24) is 15.5 Å². The number of amides is 2. The summed E-state index contributed by atoms with van der Waals surface area (Å²) in [6, 6.07) is 7.53. The maximum absolute atomic E-state index is 13.0. The fourth-order valence-corrected chi connectivity index (χ4v) is 3.48. The van der Waals surface area contributed by atoms with Crippen LogP contribution in [0.1, 0.15) is 34.8 Å². The number of hydrogen-bond acceptors (Lipinski definition) is 4. The second kappa shape index (κ2) is 7.77. The molecule has 2 N–H and O–H groups in total. The fraction of sp³-hybridized carbons (Fsp3) is 0.556. The Labute approximate surface area is 142 Å². The van der Waals surface area contributed by atoms with Gasteiger partial charge >= 0.3 is 0 Å². The molecule has 1 aromatic rings. The summed E-state index contributed by atoms with van der Waals surface area (Å²) in [4.78, 5) is 26.8. The molecule has 2 amide bonds. The largest absolute Gasteiger partial charge is 0.381 e. The van der Waals surface area contributed by atoms with Crippen LogP contribution in [0.5, 0.6) is 0 Å². The maximum atomic E-state index is 13.0. The van der Waals surface area contributed by atoms with E-state index < -0.39 is 0 Å². The third-order valence-electron chi connectivity index (χ3n) is 4.86. The molecule has 130 valence electrons. The first kappa shape index (κ1) is 16.9. The topological polar surface area (TPSA) is 70.7 Å². The molecule has 1 aromatic carbocycles. The summed E-state index contributed by atoms with van der Waals surface area (Å²) in [5.41, 5.74) is 1.63. The Hall–Kier alpha value is -1.92. The number of nitrogens with one attached hydrogen (secondary N) is 2. The number of carbonyl (C=O) groups excluding carboxylic acids is 2. The van der Waals surface area contributed by atoms with Crippen LogP contribution in [0.3, 0.4) is 0 Å². The zero-order chi connectivity index (χ0) is 16.9. The smallest absolute Gasteiger partial charge is 0.251 e. The van der Waals surface area contributed by atoms with Crippen molar-refractivity contribution in [1.29, 1.82) is 0 Å². The van der Waals surface area contributed by atoms with Crippen LogP contribution in [-0.2, 0) is 9.53 Å². The minimum absolute atomic E-state index is 0.0290. The van der Waals surface area contributed by atoms with Gasteiger partial charge in [-0.15, -0.1) is 0 Å². The van der Waals surface area contributed by atoms with Crippen molar-refractivity contribution in [2.24, 2.45) is 5.92 Å². The van der Waals surface area contributed by atoms with Gasteiger partial charge in [0.2, 0.25) is 5.91 Å². The Morgan fingerprint density at radius 2 is 2.08 bits per heavy atom. The van der Waals surface area contributed by atoms with E-state index in [0.29, 0.717) is 31.9 Å². The predicted molar refractivity (Wildman–Crippen MR) is 90.7 cm³/mol. The molecule has 0 radical (unpaired) electrons. The van der Waals surface area contributed by atoms with E-state index >= 15 is 0 Å². The van der Waals surface area contributed by atoms with Gasteiger partial charge < -0.3 is 20.3 Å². The summed E-state index contributed by atoms with van der Waals surface area (Å²) in [7, 11) is 1.62. The molecule has 0 bridgehead atoms. The second-order valence-corrected chi connectivity index (χ2v) is 6.34. The fourth-order valence-electron chi connectivity index (χ4n) is 3.48. The molecule has 2 aliphatic heterocycles. The highest BCUT2D eigenvalue weighted by Crippen LogP contribution is 2.27. The Bertz CT molecular complexity index is 599. The number of carbonyl (C=O) groups is 2. The average molecular weight is 331 g/mol. The molecular formula is C18H25N3O3. The lowest BCUT2D eigenvalue weighted by Crippen LogP contribution is -2.51. The van der Waals surface area contributed by atoms with Gasteiger partial charge in [0, 0.05) is 51.4 Å². The van der Waals surface area contributed by atoms with E-state index in [9.17, 15) is 9.59 Å². The van der Waals surface area contributed by atoms with Crippen LogP contribution in [0, 0.1) is 5.92 Å². The molecule has 0 aliphatic carbocycles. The number of piperazine rings is 1. The van der Waals surface area contributed by atoms with Crippen molar-refractivity contribution in [3.05, 3.63) is 35.4 Å². The summed E-state index contributed by atoms with van der Waals surface area (Å²) in [5.74, 6) is 0.166. The number of rotatable bonds is 3. The van der Waals surface area contributed by atoms with Gasteiger partial charge in [0.25, 0.3) is 5.91 Å². The monoisotopic (exact) mass is 331 g/mol. The van der Waals surface area contributed by atoms with E-state index in [4.69, 9.17) is 4.74 Å². The van der Waals surface area contributed by atoms with Gasteiger partial charge in [-0.3, -0.25) is 9.59 Å². The number of ether oxygens (including phenoxy) is 1. The van der Waals surface area contributed by atoms with Crippen molar-refractivity contribution in [3.63, 3.8) is 0 Å². The summed E-state index contributed by atoms with van der Waals surface area (Å²) >= 11 is 0. The van der Waals surface area contributed by atoms with Crippen molar-refractivity contribution in [2.75, 3.05) is 39.9 Å². The summed E-state index contributed by atoms with van der Waals surface area (Å²) in [6.45, 7) is 3.55. The van der Waals surface area contributed by atoms with E-state index in [2.05, 4.69) is 10.6 Å². The minimum atomic E-state index is -0.108. The van der Waals surface area contributed by atoms with E-state index in [0.717, 1.165) is 24.9 Å². The molecule has 2 aliphatic rings. The summed E-state index contributed by atoms with van der Waals surface area (Å²) in [6.07, 6.45) is 1.60. The Balaban J connectivity index is 1.81. The average Bonchev–Trinajstić information content (AvgIpc) is 2.67. The Morgan fingerprint density at radius 3 is 2.83 bits per heavy atom. The summed E-state index contributed by atoms with van der Waals surface area (Å²) < 4.78 is 5.38. The standard InChI is InChI=1S/C18H25N3O3/c1-19-17(22)15-4-2-3-14(11-15)16-12-20-7-8-21(16)18(23)13-5-9-24-10-6-13/h2-4,11,13,16,20H,5-10,12H2,1H3,(H,19,22)/t16-/m0/s1. The van der Waals surface area contributed by atoms with Crippen LogP contribution in [0.2, 0.25) is 0 Å². The molecule has 0 unspecified atom stereocenters. The molecule has 2 saturated heterocycles. The first-order valence-electron chi connectivity index (χ1n) is 8.61. The van der Waals surface area contributed by atoms with Crippen LogP contribution in [-0.4, -0.2) is 56.6 Å². The molecule has 0 aromatic heterocycles. The normalized spacial score (nSPS) is 22.2. The molecular weight excluding hydrogens is 306 g/mol. The quantitative estimate of drug-likeness (QED) is 0.865. The Kier molecular flexibility index (Phi) is 5.48. The maximum Gasteiger partial charge on any atom is 0.251 e. The first-order chi connectivity index (χ1) is 11.7. The molecule has 1 atom stereocenters. The molecule has 0 spiro atoms. The molecule has 6 heteroatoms. The van der Waals surface area contributed by atoms with Crippen LogP contribution < -0.4 is 10.6 Å². The van der Waals surface area contributed by atoms with Gasteiger partial charge in [0.15, 0.2) is 0 Å². The molecule has 6 nitrogen and oxygen atoms in total. The number of hydrogen-bond donors (Lipinski definition) is 2. The molecule has 24 heavy (non-hydrogen) atoms. The van der Waals surface area contributed by atoms with Gasteiger partial charge in [0.05, 0.1) is 6.04 Å². The third kappa shape index (κ3) is 3.60. The van der Waals surface area contributed by atoms with Gasteiger partial charge in [0.1, 0.15) is 0 Å². The first-order valence-corrected chi connectivity index (χ1v) is 8.61. The van der Waals surface area contributed by atoms with Crippen molar-refractivity contribution in [3.8, 4) is 0 Å². The van der Waals surface area contributed by atoms with E-state index in [1.807, 2.05) is 23.1 Å². The number of benzene rings is 1. The third-order valence-corrected chi connectivity index (χ3v) is 4.86. The molecule has 2 fully saturated rings. The SMILES string of the molecule is CNC(=O)c1cccc([C@@H]2CNCCN2C(=O)C2CCOCC2)c1. The Morgan fingerprint density at radius 1 is 1.29 bits per heavy atom. The lowest BCUT2D eigenvalue weighted by molar-refractivity contribution is -0.142. The molecule has 3 rings (SSSR count). The van der Waals surface area contributed by atoms with Crippen LogP contribution in [0.4, 0.5) is 0 Å². The van der Waals surface area contributed by atoms with E-state index in [1.54, 1.807) is 13.1 Å². The minimum Gasteiger partial charge on any atom is -0.381 e. The lowest BCUT2D eigenvalue weighted by Gasteiger charge is -2.39. The lowest BCUT2D eigenvalue weighted by atomic mass is 9.95. The number of nitrogens with zero attached hydrogens (tertiary/aromatic N) is 1. The second-order valence-electron chi connectivity index (χ2n) is 6.34. The van der Waals surface area contributed by atoms with E-state index in [1.165, 1.54) is 0 Å². The van der Waals surface area contributed by atoms with Crippen molar-refractivity contribution >= 4 is 11.8 Å². The zero-order valence-corrected chi connectivity index (χ0v) is 14.1.